The number of amides is 2. The minimum atomic E-state index is -0.710. The van der Waals surface area contributed by atoms with Crippen molar-refractivity contribution >= 4 is 35.6 Å². The highest BCUT2D eigenvalue weighted by Gasteiger charge is 2.36. The van der Waals surface area contributed by atoms with Gasteiger partial charge in [0.2, 0.25) is 11.8 Å². The van der Waals surface area contributed by atoms with Gasteiger partial charge < -0.3 is 15.5 Å². The molecular formula is C15H22ClN3O2. The zero-order valence-corrected chi connectivity index (χ0v) is 13.6. The standard InChI is InChI=1S/C15H21N3O2.ClH/c1-15(2,3)14(20)18-9-10(16)13(19)17(4)11-7-5-6-8-12(11)18;/h5-8,10H,9,16H2,1-4H3;1H. The van der Waals surface area contributed by atoms with Crippen LogP contribution in [0.2, 0.25) is 0 Å². The minimum absolute atomic E-state index is 0. The number of anilines is 2. The van der Waals surface area contributed by atoms with Crippen molar-refractivity contribution in [3.8, 4) is 0 Å². The average molecular weight is 312 g/mol. The monoisotopic (exact) mass is 311 g/mol. The number of rotatable bonds is 0. The van der Waals surface area contributed by atoms with Crippen molar-refractivity contribution in [1.29, 1.82) is 0 Å². The second-order valence-electron chi connectivity index (χ2n) is 6.16. The summed E-state index contributed by atoms with van der Waals surface area (Å²) in [5.41, 5.74) is 6.85. The molecule has 0 radical (unpaired) electrons. The second-order valence-corrected chi connectivity index (χ2v) is 6.16. The molecule has 0 bridgehead atoms. The Kier molecular flexibility index (Phi) is 5.02. The minimum Gasteiger partial charge on any atom is -0.318 e. The molecule has 0 saturated heterocycles. The molecule has 0 fully saturated rings. The molecule has 6 heteroatoms. The molecule has 2 amide bonds. The second kappa shape index (κ2) is 6.03. The van der Waals surface area contributed by atoms with E-state index in [1.807, 2.05) is 45.0 Å². The highest BCUT2D eigenvalue weighted by molar-refractivity contribution is 6.07. The van der Waals surface area contributed by atoms with Crippen LogP contribution in [0, 0.1) is 5.41 Å². The predicted molar refractivity (Wildman–Crippen MR) is 86.9 cm³/mol. The highest BCUT2D eigenvalue weighted by atomic mass is 35.5. The van der Waals surface area contributed by atoms with Crippen molar-refractivity contribution in [3.05, 3.63) is 24.3 Å². The molecule has 1 aromatic carbocycles. The van der Waals surface area contributed by atoms with E-state index in [4.69, 9.17) is 5.73 Å². The van der Waals surface area contributed by atoms with E-state index in [0.29, 0.717) is 5.69 Å². The van der Waals surface area contributed by atoms with Crippen LogP contribution in [0.1, 0.15) is 20.8 Å². The summed E-state index contributed by atoms with van der Waals surface area (Å²) < 4.78 is 0. The molecule has 116 valence electrons. The summed E-state index contributed by atoms with van der Waals surface area (Å²) >= 11 is 0. The number of halogens is 1. The summed E-state index contributed by atoms with van der Waals surface area (Å²) in [4.78, 5) is 28.0. The molecule has 5 nitrogen and oxygen atoms in total. The third-order valence-corrected chi connectivity index (χ3v) is 3.45. The van der Waals surface area contributed by atoms with E-state index in [1.165, 1.54) is 4.90 Å². The van der Waals surface area contributed by atoms with Crippen molar-refractivity contribution in [3.63, 3.8) is 0 Å². The van der Waals surface area contributed by atoms with Gasteiger partial charge in [-0.3, -0.25) is 9.59 Å². The van der Waals surface area contributed by atoms with Gasteiger partial charge in [0.05, 0.1) is 17.9 Å². The molecule has 0 spiro atoms. The molecule has 21 heavy (non-hydrogen) atoms. The Morgan fingerprint density at radius 1 is 1.24 bits per heavy atom. The lowest BCUT2D eigenvalue weighted by Gasteiger charge is -2.30. The van der Waals surface area contributed by atoms with Crippen LogP contribution >= 0.6 is 12.4 Å². The first-order valence-corrected chi connectivity index (χ1v) is 6.67. The molecule has 1 unspecified atom stereocenters. The van der Waals surface area contributed by atoms with Gasteiger partial charge in [-0.05, 0) is 12.1 Å². The number of benzene rings is 1. The van der Waals surface area contributed by atoms with Gasteiger partial charge in [0.25, 0.3) is 0 Å². The van der Waals surface area contributed by atoms with Gasteiger partial charge in [-0.25, -0.2) is 0 Å². The van der Waals surface area contributed by atoms with E-state index < -0.39 is 11.5 Å². The lowest BCUT2D eigenvalue weighted by Crippen LogP contribution is -2.49. The van der Waals surface area contributed by atoms with Crippen molar-refractivity contribution in [2.24, 2.45) is 11.1 Å². The lowest BCUT2D eigenvalue weighted by molar-refractivity contribution is -0.125. The Labute approximate surface area is 131 Å². The molecule has 2 rings (SSSR count). The number of nitrogens with zero attached hydrogens (tertiary/aromatic N) is 2. The van der Waals surface area contributed by atoms with Crippen LogP contribution in [0.25, 0.3) is 0 Å². The highest BCUT2D eigenvalue weighted by Crippen LogP contribution is 2.34. The van der Waals surface area contributed by atoms with E-state index in [-0.39, 0.29) is 30.8 Å². The zero-order valence-electron chi connectivity index (χ0n) is 12.8. The maximum Gasteiger partial charge on any atom is 0.245 e. The summed E-state index contributed by atoms with van der Waals surface area (Å²) in [6, 6.07) is 6.67. The molecule has 1 atom stereocenters. The number of likely N-dealkylation sites (N-methyl/N-ethyl adjacent to an activating group) is 1. The van der Waals surface area contributed by atoms with Crippen LogP contribution < -0.4 is 15.5 Å². The molecule has 1 aliphatic rings. The molecule has 0 saturated carbocycles. The number of nitrogens with two attached hydrogens (primary N) is 1. The first kappa shape index (κ1) is 17.5. The number of hydrogen-bond acceptors (Lipinski definition) is 3. The molecule has 2 N–H and O–H groups in total. The van der Waals surface area contributed by atoms with Crippen LogP contribution in [0.4, 0.5) is 11.4 Å². The fraction of sp³-hybridized carbons (Fsp3) is 0.467. The van der Waals surface area contributed by atoms with Crippen LogP contribution in [-0.2, 0) is 9.59 Å². The normalized spacial score (nSPS) is 18.7. The summed E-state index contributed by atoms with van der Waals surface area (Å²) in [6.07, 6.45) is 0. The largest absolute Gasteiger partial charge is 0.318 e. The summed E-state index contributed by atoms with van der Waals surface area (Å²) in [7, 11) is 1.69. The van der Waals surface area contributed by atoms with Crippen molar-refractivity contribution in [1.82, 2.24) is 0 Å². The molecule has 1 aliphatic heterocycles. The number of carbonyl (C=O) groups excluding carboxylic acids is 2. The molecule has 1 aromatic rings. The molecule has 1 heterocycles. The molecule has 0 aliphatic carbocycles. The van der Waals surface area contributed by atoms with Gasteiger partial charge in [0.15, 0.2) is 0 Å². The first-order valence-electron chi connectivity index (χ1n) is 6.67. The van der Waals surface area contributed by atoms with E-state index in [1.54, 1.807) is 11.9 Å². The Hall–Kier alpha value is -1.59. The van der Waals surface area contributed by atoms with Gasteiger partial charge >= 0.3 is 0 Å². The Bertz CT molecular complexity index is 554. The molecular weight excluding hydrogens is 290 g/mol. The van der Waals surface area contributed by atoms with Crippen molar-refractivity contribution in [2.75, 3.05) is 23.4 Å². The van der Waals surface area contributed by atoms with Crippen LogP contribution in [0.5, 0.6) is 0 Å². The number of hydrogen-bond donors (Lipinski definition) is 1. The summed E-state index contributed by atoms with van der Waals surface area (Å²) in [5, 5.41) is 0. The maximum atomic E-state index is 12.6. The van der Waals surface area contributed by atoms with E-state index in [0.717, 1.165) is 5.69 Å². The van der Waals surface area contributed by atoms with Crippen LogP contribution in [0.3, 0.4) is 0 Å². The third kappa shape index (κ3) is 3.19. The van der Waals surface area contributed by atoms with E-state index >= 15 is 0 Å². The number of para-hydroxylation sites is 2. The van der Waals surface area contributed by atoms with Gasteiger partial charge in [-0.1, -0.05) is 32.9 Å². The fourth-order valence-electron chi connectivity index (χ4n) is 2.31. The first-order chi connectivity index (χ1) is 9.23. The SMILES string of the molecule is CN1C(=O)C(N)CN(C(=O)C(C)(C)C)c2ccccc21.Cl. The Morgan fingerprint density at radius 2 is 1.76 bits per heavy atom. The lowest BCUT2D eigenvalue weighted by atomic mass is 9.94. The summed E-state index contributed by atoms with van der Waals surface area (Å²) in [5.74, 6) is -0.217. The number of fused-ring (bicyclic) bond motifs is 1. The zero-order chi connectivity index (χ0) is 15.1. The Balaban J connectivity index is 0.00000220. The van der Waals surface area contributed by atoms with Gasteiger partial charge in [-0.15, -0.1) is 12.4 Å². The fourth-order valence-corrected chi connectivity index (χ4v) is 2.31. The van der Waals surface area contributed by atoms with Crippen LogP contribution in [0.15, 0.2) is 24.3 Å². The van der Waals surface area contributed by atoms with Crippen LogP contribution in [-0.4, -0.2) is 31.4 Å². The van der Waals surface area contributed by atoms with Crippen molar-refractivity contribution < 1.29 is 9.59 Å². The van der Waals surface area contributed by atoms with E-state index in [2.05, 4.69) is 0 Å². The summed E-state index contributed by atoms with van der Waals surface area (Å²) in [6.45, 7) is 5.79. The van der Waals surface area contributed by atoms with Gasteiger partial charge in [0.1, 0.15) is 6.04 Å². The smallest absolute Gasteiger partial charge is 0.245 e. The Morgan fingerprint density at radius 3 is 2.29 bits per heavy atom. The van der Waals surface area contributed by atoms with Crippen molar-refractivity contribution in [2.45, 2.75) is 26.8 Å². The third-order valence-electron chi connectivity index (χ3n) is 3.45. The maximum absolute atomic E-state index is 12.6. The van der Waals surface area contributed by atoms with Gasteiger partial charge in [0, 0.05) is 12.5 Å². The predicted octanol–water partition coefficient (Wildman–Crippen LogP) is 1.79. The quantitative estimate of drug-likeness (QED) is 0.794. The average Bonchev–Trinajstić information content (AvgIpc) is 2.49. The van der Waals surface area contributed by atoms with Gasteiger partial charge in [-0.2, -0.15) is 0 Å². The molecule has 0 aromatic heterocycles. The topological polar surface area (TPSA) is 66.6 Å². The number of carbonyl (C=O) groups is 2. The van der Waals surface area contributed by atoms with E-state index in [9.17, 15) is 9.59 Å².